The van der Waals surface area contributed by atoms with E-state index in [-0.39, 0.29) is 35.9 Å². The van der Waals surface area contributed by atoms with Crippen LogP contribution < -0.4 is 10.1 Å². The molecule has 8 nitrogen and oxygen atoms in total. The summed E-state index contributed by atoms with van der Waals surface area (Å²) in [6, 6.07) is 12.1. The monoisotopic (exact) mass is 492 g/mol. The number of halogens is 1. The molecule has 0 atom stereocenters. The highest BCUT2D eigenvalue weighted by atomic mass is 19.1. The molecule has 2 amide bonds. The highest BCUT2D eigenvalue weighted by molar-refractivity contribution is 5.91. The van der Waals surface area contributed by atoms with Gasteiger partial charge in [-0.25, -0.2) is 14.2 Å². The smallest absolute Gasteiger partial charge is 0.410 e. The third-order valence-electron chi connectivity index (χ3n) is 5.15. The third-order valence-corrected chi connectivity index (χ3v) is 5.15. The van der Waals surface area contributed by atoms with E-state index in [1.165, 1.54) is 31.0 Å². The van der Waals surface area contributed by atoms with Crippen LogP contribution in [-0.4, -0.2) is 34.5 Å². The van der Waals surface area contributed by atoms with Gasteiger partial charge < -0.3 is 19.7 Å². The number of fused-ring (bicyclic) bond motifs is 1. The molecule has 2 aromatic carbocycles. The summed E-state index contributed by atoms with van der Waals surface area (Å²) < 4.78 is 26.0. The van der Waals surface area contributed by atoms with Gasteiger partial charge in [0.1, 0.15) is 35.7 Å². The number of ether oxygens (including phenoxy) is 2. The van der Waals surface area contributed by atoms with E-state index in [4.69, 9.17) is 9.47 Å². The lowest BCUT2D eigenvalue weighted by Crippen LogP contribution is -2.34. The zero-order valence-electron chi connectivity index (χ0n) is 21.2. The minimum atomic E-state index is -0.712. The molecule has 36 heavy (non-hydrogen) atoms. The van der Waals surface area contributed by atoms with Crippen LogP contribution in [0.3, 0.4) is 0 Å². The van der Waals surface area contributed by atoms with Gasteiger partial charge in [-0.05, 0) is 57.0 Å². The van der Waals surface area contributed by atoms with E-state index in [2.05, 4.69) is 10.3 Å². The highest BCUT2D eigenvalue weighted by Crippen LogP contribution is 2.26. The van der Waals surface area contributed by atoms with Crippen molar-refractivity contribution in [2.75, 3.05) is 12.4 Å². The van der Waals surface area contributed by atoms with Crippen LogP contribution in [0.25, 0.3) is 10.9 Å². The number of aryl methyl sites for hydroxylation is 1. The van der Waals surface area contributed by atoms with E-state index >= 15 is 0 Å². The summed E-state index contributed by atoms with van der Waals surface area (Å²) in [5, 5.41) is 13.0. The van der Waals surface area contributed by atoms with Crippen molar-refractivity contribution < 1.29 is 23.5 Å². The predicted octanol–water partition coefficient (Wildman–Crippen LogP) is 5.46. The Morgan fingerprint density at radius 3 is 2.56 bits per heavy atom. The Kier molecular flexibility index (Phi) is 7.78. The average molecular weight is 493 g/mol. The molecule has 0 spiro atoms. The lowest BCUT2D eigenvalue weighted by atomic mass is 10.1. The number of carbonyl (C=O) groups excluding carboxylic acids is 2. The van der Waals surface area contributed by atoms with Crippen LogP contribution in [0.4, 0.5) is 15.0 Å². The first kappa shape index (κ1) is 26.4. The maximum atomic E-state index is 14.8. The number of amides is 2. The average Bonchev–Trinajstić information content (AvgIpc) is 2.77. The summed E-state index contributed by atoms with van der Waals surface area (Å²) in [5.41, 5.74) is 1.71. The number of aromatic nitrogens is 1. The molecule has 0 saturated carbocycles. The Morgan fingerprint density at radius 2 is 1.92 bits per heavy atom. The second kappa shape index (κ2) is 10.6. The summed E-state index contributed by atoms with van der Waals surface area (Å²) in [6.07, 6.45) is -0.607. The number of rotatable bonds is 6. The molecule has 0 aliphatic heterocycles. The number of nitrogens with one attached hydrogen (secondary N) is 1. The molecule has 0 saturated heterocycles. The SMILES string of the molecule is CC(=O)Nc1cc(C)c2ccc(COc3cc(C#N)c(F)c(CN(C)C(=O)OC(C)(C)C)c3)cc2n1. The number of anilines is 1. The Balaban J connectivity index is 1.82. The predicted molar refractivity (Wildman–Crippen MR) is 134 cm³/mol. The molecule has 188 valence electrons. The van der Waals surface area contributed by atoms with Crippen LogP contribution in [-0.2, 0) is 22.7 Å². The van der Waals surface area contributed by atoms with E-state index in [1.807, 2.05) is 31.2 Å². The second-order valence-electron chi connectivity index (χ2n) is 9.54. The van der Waals surface area contributed by atoms with Gasteiger partial charge in [0.05, 0.1) is 17.6 Å². The Morgan fingerprint density at radius 1 is 1.19 bits per heavy atom. The molecular formula is C27H29FN4O4. The molecule has 1 N–H and O–H groups in total. The fourth-order valence-corrected chi connectivity index (χ4v) is 3.54. The van der Waals surface area contributed by atoms with Gasteiger partial charge in [0, 0.05) is 31.0 Å². The van der Waals surface area contributed by atoms with Crippen LogP contribution in [0.1, 0.15) is 49.9 Å². The van der Waals surface area contributed by atoms with Gasteiger partial charge in [-0.2, -0.15) is 5.26 Å². The van der Waals surface area contributed by atoms with Crippen LogP contribution in [0, 0.1) is 24.1 Å². The topological polar surface area (TPSA) is 105 Å². The molecule has 9 heteroatoms. The van der Waals surface area contributed by atoms with Crippen molar-refractivity contribution >= 4 is 28.7 Å². The number of carbonyl (C=O) groups is 2. The maximum absolute atomic E-state index is 14.8. The minimum absolute atomic E-state index is 0.0995. The van der Waals surface area contributed by atoms with Crippen molar-refractivity contribution in [3.63, 3.8) is 0 Å². The van der Waals surface area contributed by atoms with Gasteiger partial charge in [-0.3, -0.25) is 4.79 Å². The molecular weight excluding hydrogens is 463 g/mol. The van der Waals surface area contributed by atoms with E-state index in [1.54, 1.807) is 26.8 Å². The molecule has 0 bridgehead atoms. The first-order valence-electron chi connectivity index (χ1n) is 11.3. The molecule has 1 aromatic heterocycles. The second-order valence-corrected chi connectivity index (χ2v) is 9.54. The zero-order valence-corrected chi connectivity index (χ0v) is 21.2. The molecule has 0 aliphatic rings. The minimum Gasteiger partial charge on any atom is -0.489 e. The molecule has 1 heterocycles. The fraction of sp³-hybridized carbons (Fsp3) is 0.333. The largest absolute Gasteiger partial charge is 0.489 e. The summed E-state index contributed by atoms with van der Waals surface area (Å²) in [7, 11) is 1.49. The van der Waals surface area contributed by atoms with Gasteiger partial charge >= 0.3 is 6.09 Å². The summed E-state index contributed by atoms with van der Waals surface area (Å²) >= 11 is 0. The first-order chi connectivity index (χ1) is 16.9. The fourth-order valence-electron chi connectivity index (χ4n) is 3.54. The van der Waals surface area contributed by atoms with Crippen molar-refractivity contribution in [3.05, 3.63) is 64.5 Å². The van der Waals surface area contributed by atoms with Crippen molar-refractivity contribution in [1.82, 2.24) is 9.88 Å². The lowest BCUT2D eigenvalue weighted by molar-refractivity contribution is -0.114. The van der Waals surface area contributed by atoms with Crippen LogP contribution >= 0.6 is 0 Å². The molecule has 0 fully saturated rings. The number of pyridine rings is 1. The number of nitriles is 1. The van der Waals surface area contributed by atoms with E-state index < -0.39 is 17.5 Å². The van der Waals surface area contributed by atoms with E-state index in [0.29, 0.717) is 11.3 Å². The molecule has 3 aromatic rings. The van der Waals surface area contributed by atoms with E-state index in [0.717, 1.165) is 16.5 Å². The highest BCUT2D eigenvalue weighted by Gasteiger charge is 2.22. The number of hydrogen-bond acceptors (Lipinski definition) is 6. The summed E-state index contributed by atoms with van der Waals surface area (Å²) in [4.78, 5) is 29.4. The number of benzene rings is 2. The van der Waals surface area contributed by atoms with Gasteiger partial charge in [0.15, 0.2) is 0 Å². The lowest BCUT2D eigenvalue weighted by Gasteiger charge is -2.25. The van der Waals surface area contributed by atoms with Gasteiger partial charge in [-0.1, -0.05) is 12.1 Å². The van der Waals surface area contributed by atoms with Crippen molar-refractivity contribution in [1.29, 1.82) is 5.26 Å². The van der Waals surface area contributed by atoms with Crippen molar-refractivity contribution in [2.45, 2.75) is 53.4 Å². The van der Waals surface area contributed by atoms with Crippen molar-refractivity contribution in [3.8, 4) is 11.8 Å². The molecule has 0 unspecified atom stereocenters. The normalized spacial score (nSPS) is 11.1. The van der Waals surface area contributed by atoms with Crippen molar-refractivity contribution in [2.24, 2.45) is 0 Å². The first-order valence-corrected chi connectivity index (χ1v) is 11.3. The number of hydrogen-bond donors (Lipinski definition) is 1. The zero-order chi connectivity index (χ0) is 26.6. The van der Waals surface area contributed by atoms with Gasteiger partial charge in [0.25, 0.3) is 0 Å². The van der Waals surface area contributed by atoms with Crippen LogP contribution in [0.2, 0.25) is 0 Å². The maximum Gasteiger partial charge on any atom is 0.410 e. The standard InChI is InChI=1S/C27H29FN4O4/c1-16-9-24(30-17(2)33)31-23-10-18(7-8-22(16)23)15-35-21-11-19(13-29)25(28)20(12-21)14-32(6)26(34)36-27(3,4)5/h7-12H,14-15H2,1-6H3,(H,30,31,33). The Bertz CT molecular complexity index is 1360. The number of nitrogens with zero attached hydrogens (tertiary/aromatic N) is 3. The quantitative estimate of drug-likeness (QED) is 0.490. The molecule has 0 aliphatic carbocycles. The Hall–Kier alpha value is -4.19. The summed E-state index contributed by atoms with van der Waals surface area (Å²) in [5.74, 6) is -0.173. The molecule has 3 rings (SSSR count). The van der Waals surface area contributed by atoms with Crippen LogP contribution in [0.15, 0.2) is 36.4 Å². The Labute approximate surface area is 209 Å². The third kappa shape index (κ3) is 6.69. The summed E-state index contributed by atoms with van der Waals surface area (Å²) in [6.45, 7) is 8.62. The van der Waals surface area contributed by atoms with Crippen LogP contribution in [0.5, 0.6) is 5.75 Å². The van der Waals surface area contributed by atoms with E-state index in [9.17, 15) is 19.2 Å². The molecule has 0 radical (unpaired) electrons. The van der Waals surface area contributed by atoms with Gasteiger partial charge in [0.2, 0.25) is 5.91 Å². The van der Waals surface area contributed by atoms with Gasteiger partial charge in [-0.15, -0.1) is 0 Å².